The number of aromatic nitrogens is 5. The van der Waals surface area contributed by atoms with Gasteiger partial charge in [0.15, 0.2) is 5.96 Å². The zero-order chi connectivity index (χ0) is 18.9. The fourth-order valence-electron chi connectivity index (χ4n) is 2.87. The molecule has 0 atom stereocenters. The highest BCUT2D eigenvalue weighted by Crippen LogP contribution is 2.07. The van der Waals surface area contributed by atoms with Gasteiger partial charge in [0.2, 0.25) is 0 Å². The summed E-state index contributed by atoms with van der Waals surface area (Å²) in [5, 5.41) is 14.7. The maximum Gasteiger partial charge on any atom is 0.191 e. The summed E-state index contributed by atoms with van der Waals surface area (Å²) < 4.78 is 4.11. The molecule has 0 saturated heterocycles. The quantitative estimate of drug-likeness (QED) is 0.466. The fourth-order valence-corrected chi connectivity index (χ4v) is 2.87. The van der Waals surface area contributed by atoms with E-state index in [1.165, 1.54) is 11.1 Å². The summed E-state index contributed by atoms with van der Waals surface area (Å²) in [5.74, 6) is 1.77. The molecule has 0 saturated carbocycles. The number of hydrogen-bond acceptors (Lipinski definition) is 4. The first-order chi connectivity index (χ1) is 13.3. The van der Waals surface area contributed by atoms with Crippen molar-refractivity contribution in [2.75, 3.05) is 13.6 Å². The van der Waals surface area contributed by atoms with E-state index in [0.29, 0.717) is 6.54 Å². The van der Waals surface area contributed by atoms with Crippen LogP contribution in [0.2, 0.25) is 0 Å². The Kier molecular flexibility index (Phi) is 6.56. The number of rotatable bonds is 8. The lowest BCUT2D eigenvalue weighted by Gasteiger charge is -2.13. The molecule has 0 aliphatic rings. The predicted octanol–water partition coefficient (Wildman–Crippen LogP) is 1.45. The fraction of sp³-hybridized carbons (Fsp3) is 0.368. The second-order valence-corrected chi connectivity index (χ2v) is 6.20. The number of aliphatic imine (C=N–C) groups is 1. The van der Waals surface area contributed by atoms with Crippen LogP contribution in [0.15, 0.2) is 54.3 Å². The first kappa shape index (κ1) is 18.6. The van der Waals surface area contributed by atoms with Crippen LogP contribution in [0.4, 0.5) is 0 Å². The van der Waals surface area contributed by atoms with E-state index in [4.69, 9.17) is 0 Å². The highest BCUT2D eigenvalue weighted by molar-refractivity contribution is 5.79. The third-order valence-electron chi connectivity index (χ3n) is 4.26. The van der Waals surface area contributed by atoms with Gasteiger partial charge in [0.05, 0.1) is 6.33 Å². The first-order valence-corrected chi connectivity index (χ1v) is 9.13. The van der Waals surface area contributed by atoms with Gasteiger partial charge in [-0.25, -0.2) is 4.98 Å². The number of aryl methyl sites for hydroxylation is 1. The molecule has 0 spiro atoms. The smallest absolute Gasteiger partial charge is 0.191 e. The van der Waals surface area contributed by atoms with Gasteiger partial charge < -0.3 is 19.8 Å². The Morgan fingerprint density at radius 2 is 2.07 bits per heavy atom. The summed E-state index contributed by atoms with van der Waals surface area (Å²) in [5.41, 5.74) is 2.46. The van der Waals surface area contributed by atoms with Crippen molar-refractivity contribution in [1.82, 2.24) is 34.9 Å². The maximum atomic E-state index is 4.29. The second kappa shape index (κ2) is 9.51. The lowest BCUT2D eigenvalue weighted by atomic mass is 10.1. The molecule has 0 amide bonds. The van der Waals surface area contributed by atoms with Crippen LogP contribution in [-0.4, -0.2) is 43.9 Å². The second-order valence-electron chi connectivity index (χ2n) is 6.20. The minimum Gasteiger partial charge on any atom is -0.355 e. The van der Waals surface area contributed by atoms with Gasteiger partial charge in [0.25, 0.3) is 0 Å². The van der Waals surface area contributed by atoms with Crippen LogP contribution in [0.5, 0.6) is 0 Å². The number of benzene rings is 1. The zero-order valence-electron chi connectivity index (χ0n) is 15.8. The third-order valence-corrected chi connectivity index (χ3v) is 4.26. The van der Waals surface area contributed by atoms with E-state index in [-0.39, 0.29) is 0 Å². The van der Waals surface area contributed by atoms with Crippen LogP contribution < -0.4 is 10.6 Å². The lowest BCUT2D eigenvalue weighted by Crippen LogP contribution is -2.38. The molecule has 2 N–H and O–H groups in total. The summed E-state index contributed by atoms with van der Waals surface area (Å²) in [4.78, 5) is 8.38. The van der Waals surface area contributed by atoms with Gasteiger partial charge in [-0.15, -0.1) is 10.2 Å². The van der Waals surface area contributed by atoms with Gasteiger partial charge in [-0.2, -0.15) is 0 Å². The molecule has 142 valence electrons. The molecule has 3 rings (SSSR count). The van der Waals surface area contributed by atoms with E-state index in [1.54, 1.807) is 19.6 Å². The van der Waals surface area contributed by atoms with Crippen molar-refractivity contribution >= 4 is 5.96 Å². The predicted molar refractivity (Wildman–Crippen MR) is 105 cm³/mol. The monoisotopic (exact) mass is 366 g/mol. The van der Waals surface area contributed by atoms with E-state index < -0.39 is 0 Å². The van der Waals surface area contributed by atoms with Crippen LogP contribution >= 0.6 is 0 Å². The average Bonchev–Trinajstić information content (AvgIpc) is 3.36. The highest BCUT2D eigenvalue weighted by Gasteiger charge is 2.03. The number of guanidine groups is 1. The van der Waals surface area contributed by atoms with Crippen molar-refractivity contribution in [2.45, 2.75) is 33.0 Å². The molecule has 0 radical (unpaired) electrons. The van der Waals surface area contributed by atoms with E-state index in [1.807, 2.05) is 12.5 Å². The van der Waals surface area contributed by atoms with Gasteiger partial charge in [0.1, 0.15) is 12.2 Å². The van der Waals surface area contributed by atoms with Crippen LogP contribution in [0, 0.1) is 0 Å². The maximum absolute atomic E-state index is 4.29. The van der Waals surface area contributed by atoms with Crippen LogP contribution in [0.25, 0.3) is 0 Å². The molecular formula is C19H26N8. The topological polar surface area (TPSA) is 85.0 Å². The number of imidazole rings is 1. The Bertz CT molecular complexity index is 850. The third kappa shape index (κ3) is 5.40. The molecule has 2 heterocycles. The van der Waals surface area contributed by atoms with Crippen LogP contribution in [-0.2, 0) is 26.1 Å². The van der Waals surface area contributed by atoms with E-state index in [2.05, 4.69) is 71.1 Å². The normalized spacial score (nSPS) is 11.6. The van der Waals surface area contributed by atoms with Gasteiger partial charge in [-0.3, -0.25) is 4.99 Å². The first-order valence-electron chi connectivity index (χ1n) is 9.13. The van der Waals surface area contributed by atoms with Crippen molar-refractivity contribution in [3.63, 3.8) is 0 Å². The van der Waals surface area contributed by atoms with Crippen LogP contribution in [0.1, 0.15) is 23.9 Å². The molecule has 27 heavy (non-hydrogen) atoms. The molecule has 0 bridgehead atoms. The van der Waals surface area contributed by atoms with Crippen LogP contribution in [0.3, 0.4) is 0 Å². The molecule has 0 unspecified atom stereocenters. The van der Waals surface area contributed by atoms with Crippen molar-refractivity contribution in [3.8, 4) is 0 Å². The molecule has 8 heteroatoms. The van der Waals surface area contributed by atoms with Crippen molar-refractivity contribution < 1.29 is 0 Å². The Morgan fingerprint density at radius 3 is 2.85 bits per heavy atom. The summed E-state index contributed by atoms with van der Waals surface area (Å²) in [6.45, 7) is 5.17. The minimum atomic E-state index is 0.713. The lowest BCUT2D eigenvalue weighted by molar-refractivity contribution is 0.632. The van der Waals surface area contributed by atoms with Crippen molar-refractivity contribution in [1.29, 1.82) is 0 Å². The molecule has 8 nitrogen and oxygen atoms in total. The molecule has 2 aromatic heterocycles. The van der Waals surface area contributed by atoms with E-state index >= 15 is 0 Å². The largest absolute Gasteiger partial charge is 0.355 e. The molecule has 0 fully saturated rings. The Labute approximate surface area is 159 Å². The average molecular weight is 366 g/mol. The van der Waals surface area contributed by atoms with Gasteiger partial charge in [-0.05, 0) is 11.1 Å². The number of nitrogens with one attached hydrogen (secondary N) is 2. The summed E-state index contributed by atoms with van der Waals surface area (Å²) in [6.07, 6.45) is 8.24. The molecule has 0 aliphatic carbocycles. The highest BCUT2D eigenvalue weighted by atomic mass is 15.3. The molecular weight excluding hydrogens is 340 g/mol. The SMILES string of the molecule is CCc1nncn1CCNC(=NC)NCc1cccc(Cn2ccnc2)c1. The van der Waals surface area contributed by atoms with E-state index in [0.717, 1.165) is 37.8 Å². The number of nitrogens with zero attached hydrogens (tertiary/aromatic N) is 6. The summed E-state index contributed by atoms with van der Waals surface area (Å²) in [7, 11) is 1.78. The standard InChI is InChI=1S/C19H26N8/c1-3-18-25-24-15-27(18)10-8-22-19(20-2)23-12-16-5-4-6-17(11-16)13-26-9-7-21-14-26/h4-7,9,11,14-15H,3,8,10,12-13H2,1-2H3,(H2,20,22,23). The number of hydrogen-bond donors (Lipinski definition) is 2. The Morgan fingerprint density at radius 1 is 1.19 bits per heavy atom. The molecule has 3 aromatic rings. The van der Waals surface area contributed by atoms with E-state index in [9.17, 15) is 0 Å². The molecule has 0 aliphatic heterocycles. The zero-order valence-corrected chi connectivity index (χ0v) is 15.8. The van der Waals surface area contributed by atoms with Crippen molar-refractivity contribution in [2.24, 2.45) is 4.99 Å². The Balaban J connectivity index is 1.47. The van der Waals surface area contributed by atoms with Gasteiger partial charge in [0, 0.05) is 52.0 Å². The Hall–Kier alpha value is -3.16. The van der Waals surface area contributed by atoms with Crippen molar-refractivity contribution in [3.05, 3.63) is 66.3 Å². The summed E-state index contributed by atoms with van der Waals surface area (Å²) in [6, 6.07) is 8.52. The van der Waals surface area contributed by atoms with Gasteiger partial charge in [-0.1, -0.05) is 31.2 Å². The van der Waals surface area contributed by atoms with Gasteiger partial charge >= 0.3 is 0 Å². The minimum absolute atomic E-state index is 0.713. The molecule has 1 aromatic carbocycles. The summed E-state index contributed by atoms with van der Waals surface area (Å²) >= 11 is 0.